The Bertz CT molecular complexity index is 7390. The van der Waals surface area contributed by atoms with Crippen molar-refractivity contribution in [3.8, 4) is 89.8 Å². The Morgan fingerprint density at radius 1 is 0.175 bits per heavy atom. The van der Waals surface area contributed by atoms with Gasteiger partial charge in [0.05, 0.1) is 49.8 Å². The fourth-order valence-corrected chi connectivity index (χ4v) is 17.8. The molecule has 532 valence electrons. The van der Waals surface area contributed by atoms with Crippen LogP contribution in [-0.4, -0.2) is 28.2 Å². The van der Waals surface area contributed by atoms with E-state index in [0.29, 0.717) is 0 Å². The van der Waals surface area contributed by atoms with Crippen LogP contribution in [0.15, 0.2) is 409 Å². The van der Waals surface area contributed by atoms with Gasteiger partial charge in [-0.25, -0.2) is 4.98 Å². The summed E-state index contributed by atoms with van der Waals surface area (Å²) in [5.41, 5.74) is 30.0. The van der Waals surface area contributed by atoms with Crippen molar-refractivity contribution in [2.45, 2.75) is 0 Å². The number of fused-ring (bicyclic) bond motifs is 18. The minimum atomic E-state index is 0.894. The summed E-state index contributed by atoms with van der Waals surface area (Å²) < 4.78 is 21.9. The van der Waals surface area contributed by atoms with Crippen LogP contribution in [0.4, 0.5) is 0 Å². The van der Waals surface area contributed by atoms with Crippen LogP contribution in [0.25, 0.3) is 221 Å². The third kappa shape index (κ3) is 10.6. The minimum absolute atomic E-state index is 0.894. The molecule has 24 rings (SSSR count). The van der Waals surface area contributed by atoms with E-state index < -0.39 is 0 Å². The molecule has 0 unspecified atom stereocenters. The van der Waals surface area contributed by atoms with Gasteiger partial charge in [-0.3, -0.25) is 9.55 Å². The molecule has 0 saturated carbocycles. The SMILES string of the molecule is c1ccc(-c2cc(-c3ccccc3)nc(-n3c4ccccc4c4cc(-c5ccc6c(c5)c5ccccc5n6-c5ccc6oc7ccccc7c6c5)ccc43)c2)cc1.c1ccc(-c2cc(-c3ccncc3)cc(-n3c4ccccc4c4cc(-c5ccc6c(c5)c5ccccc5n6-c5ccc6oc7ccccc7c6c5)ccc43)c2)cc1. The van der Waals surface area contributed by atoms with E-state index in [1.807, 2.05) is 36.7 Å². The van der Waals surface area contributed by atoms with E-state index in [2.05, 4.69) is 387 Å². The zero-order valence-electron chi connectivity index (χ0n) is 61.6. The minimum Gasteiger partial charge on any atom is -0.456 e. The van der Waals surface area contributed by atoms with Crippen molar-refractivity contribution in [3.05, 3.63) is 401 Å². The summed E-state index contributed by atoms with van der Waals surface area (Å²) >= 11 is 0. The van der Waals surface area contributed by atoms with Gasteiger partial charge in [0.2, 0.25) is 0 Å². The molecule has 24 aromatic rings. The number of aromatic nitrogens is 6. The Balaban J connectivity index is 0.000000135. The first-order valence-corrected chi connectivity index (χ1v) is 38.7. The highest BCUT2D eigenvalue weighted by Crippen LogP contribution is 2.45. The van der Waals surface area contributed by atoms with Gasteiger partial charge >= 0.3 is 0 Å². The van der Waals surface area contributed by atoms with Crippen molar-refractivity contribution in [1.82, 2.24) is 28.2 Å². The van der Waals surface area contributed by atoms with Crippen LogP contribution in [0, 0.1) is 0 Å². The molecule has 0 aliphatic carbocycles. The number of pyridine rings is 2. The lowest BCUT2D eigenvalue weighted by Gasteiger charge is -2.14. The third-order valence-electron chi connectivity index (χ3n) is 23.1. The number of hydrogen-bond acceptors (Lipinski definition) is 4. The molecule has 0 bridgehead atoms. The molecule has 0 fully saturated rings. The van der Waals surface area contributed by atoms with E-state index in [0.717, 1.165) is 111 Å². The predicted octanol–water partition coefficient (Wildman–Crippen LogP) is 28.4. The molecule has 0 amide bonds. The van der Waals surface area contributed by atoms with Gasteiger partial charge in [0, 0.05) is 99.7 Å². The Kier molecular flexibility index (Phi) is 14.8. The molecular weight excluding hydrogens is 1390 g/mol. The first-order valence-electron chi connectivity index (χ1n) is 38.7. The molecule has 8 nitrogen and oxygen atoms in total. The van der Waals surface area contributed by atoms with Crippen molar-refractivity contribution < 1.29 is 8.83 Å². The molecule has 0 radical (unpaired) electrons. The van der Waals surface area contributed by atoms with Crippen LogP contribution in [0.1, 0.15) is 0 Å². The standard InChI is InChI=1S/2C53H33N3O/c1-3-13-34(14-4-1)38-31-46(35-15-5-2-6-16-35)54-53(32-38)56-48-21-11-8-18-41(48)44-30-37(24-27-50(44)56)36-23-26-49-43(29-36)40-17-7-10-20-47(40)55(49)39-25-28-52-45(33-39)42-19-9-12-22-51(42)57-52;1-2-10-34(11-3-1)38-28-39(35-24-26-54-27-25-35)30-41(29-38)56-49-16-8-5-13-43(49)46-32-37(19-22-51(46)56)36-18-21-50-45(31-36)42-12-4-7-15-48(42)55(50)40-20-23-53-47(33-40)44-14-6-9-17-52(44)57-53/h2*1-33H. The summed E-state index contributed by atoms with van der Waals surface area (Å²) in [6, 6.07) is 139. The smallest absolute Gasteiger partial charge is 0.138 e. The lowest BCUT2D eigenvalue weighted by atomic mass is 9.98. The normalized spacial score (nSPS) is 11.9. The third-order valence-corrected chi connectivity index (χ3v) is 23.1. The van der Waals surface area contributed by atoms with Gasteiger partial charge in [-0.2, -0.15) is 0 Å². The molecule has 0 aliphatic heterocycles. The van der Waals surface area contributed by atoms with Crippen LogP contribution in [0.2, 0.25) is 0 Å². The monoisotopic (exact) mass is 1450 g/mol. The summed E-state index contributed by atoms with van der Waals surface area (Å²) in [5.74, 6) is 0.894. The molecular formula is C106H66N6O2. The van der Waals surface area contributed by atoms with Gasteiger partial charge < -0.3 is 22.5 Å². The second kappa shape index (κ2) is 26.2. The first kappa shape index (κ1) is 64.6. The number of hydrogen-bond donors (Lipinski definition) is 0. The Morgan fingerprint density at radius 2 is 0.500 bits per heavy atom. The van der Waals surface area contributed by atoms with Gasteiger partial charge in [-0.15, -0.1) is 0 Å². The number of benzene rings is 16. The quantitative estimate of drug-likeness (QED) is 0.137. The summed E-state index contributed by atoms with van der Waals surface area (Å²) in [6.07, 6.45) is 3.73. The van der Waals surface area contributed by atoms with Crippen LogP contribution in [-0.2, 0) is 0 Å². The predicted molar refractivity (Wildman–Crippen MR) is 473 cm³/mol. The van der Waals surface area contributed by atoms with Crippen LogP contribution < -0.4 is 0 Å². The number of rotatable bonds is 10. The zero-order valence-corrected chi connectivity index (χ0v) is 61.6. The fourth-order valence-electron chi connectivity index (χ4n) is 17.8. The second-order valence-corrected chi connectivity index (χ2v) is 29.6. The molecule has 8 heteroatoms. The van der Waals surface area contributed by atoms with E-state index in [4.69, 9.17) is 13.8 Å². The lowest BCUT2D eigenvalue weighted by Crippen LogP contribution is -2.00. The van der Waals surface area contributed by atoms with Crippen LogP contribution in [0.5, 0.6) is 0 Å². The van der Waals surface area contributed by atoms with E-state index in [9.17, 15) is 0 Å². The lowest BCUT2D eigenvalue weighted by molar-refractivity contribution is 0.668. The highest BCUT2D eigenvalue weighted by Gasteiger charge is 2.23. The Labute approximate surface area is 654 Å². The van der Waals surface area contributed by atoms with E-state index >= 15 is 0 Å². The van der Waals surface area contributed by atoms with Crippen LogP contribution >= 0.6 is 0 Å². The zero-order chi connectivity index (χ0) is 74.9. The van der Waals surface area contributed by atoms with E-state index in [1.165, 1.54) is 110 Å². The number of furan rings is 2. The average Bonchev–Trinajstić information content (AvgIpc) is 1.59. The summed E-state index contributed by atoms with van der Waals surface area (Å²) in [6.45, 7) is 0. The van der Waals surface area contributed by atoms with Gasteiger partial charge in [-0.1, -0.05) is 224 Å². The van der Waals surface area contributed by atoms with Crippen LogP contribution in [0.3, 0.4) is 0 Å². The average molecular weight is 1460 g/mol. The van der Waals surface area contributed by atoms with E-state index in [-0.39, 0.29) is 0 Å². The topological polar surface area (TPSA) is 71.8 Å². The molecule has 0 N–H and O–H groups in total. The molecule has 8 heterocycles. The van der Waals surface area contributed by atoms with Crippen molar-refractivity contribution >= 4 is 131 Å². The molecule has 0 aliphatic rings. The van der Waals surface area contributed by atoms with Crippen molar-refractivity contribution in [3.63, 3.8) is 0 Å². The maximum Gasteiger partial charge on any atom is 0.138 e. The van der Waals surface area contributed by atoms with Gasteiger partial charge in [0.15, 0.2) is 0 Å². The maximum absolute atomic E-state index is 6.18. The Hall–Kier alpha value is -15.4. The highest BCUT2D eigenvalue weighted by molar-refractivity contribution is 6.16. The van der Waals surface area contributed by atoms with Gasteiger partial charge in [0.25, 0.3) is 0 Å². The highest BCUT2D eigenvalue weighted by atomic mass is 16.3. The molecule has 16 aromatic carbocycles. The molecule has 0 spiro atoms. The summed E-state index contributed by atoms with van der Waals surface area (Å²) in [4.78, 5) is 9.62. The molecule has 8 aromatic heterocycles. The number of nitrogens with zero attached hydrogens (tertiary/aromatic N) is 6. The van der Waals surface area contributed by atoms with Crippen molar-refractivity contribution in [2.75, 3.05) is 0 Å². The van der Waals surface area contributed by atoms with Crippen molar-refractivity contribution in [1.29, 1.82) is 0 Å². The van der Waals surface area contributed by atoms with Gasteiger partial charge in [0.1, 0.15) is 28.1 Å². The largest absolute Gasteiger partial charge is 0.456 e. The molecule has 0 atom stereocenters. The fraction of sp³-hybridized carbons (Fsp3) is 0. The van der Waals surface area contributed by atoms with Crippen molar-refractivity contribution in [2.24, 2.45) is 0 Å². The number of para-hydroxylation sites is 6. The second-order valence-electron chi connectivity index (χ2n) is 29.6. The van der Waals surface area contributed by atoms with Gasteiger partial charge in [-0.05, 0) is 219 Å². The first-order chi connectivity index (χ1) is 56.5. The summed E-state index contributed by atoms with van der Waals surface area (Å²) in [7, 11) is 0. The molecule has 0 saturated heterocycles. The summed E-state index contributed by atoms with van der Waals surface area (Å²) in [5, 5.41) is 14.2. The molecule has 114 heavy (non-hydrogen) atoms. The maximum atomic E-state index is 6.18. The van der Waals surface area contributed by atoms with E-state index in [1.54, 1.807) is 0 Å². The Morgan fingerprint density at radius 3 is 0.930 bits per heavy atom.